The summed E-state index contributed by atoms with van der Waals surface area (Å²) in [5.74, 6) is 2.11. The highest BCUT2D eigenvalue weighted by Crippen LogP contribution is 2.49. The minimum atomic E-state index is 0.492. The van der Waals surface area contributed by atoms with Crippen LogP contribution in [0.25, 0.3) is 16.5 Å². The van der Waals surface area contributed by atoms with E-state index in [4.69, 9.17) is 20.4 Å². The number of nitrogens with one attached hydrogen (secondary N) is 1. The van der Waals surface area contributed by atoms with Crippen molar-refractivity contribution in [2.45, 2.75) is 25.7 Å². The van der Waals surface area contributed by atoms with Crippen molar-refractivity contribution in [1.29, 1.82) is 0 Å². The predicted octanol–water partition coefficient (Wildman–Crippen LogP) is 4.16. The number of methoxy groups -OCH3 is 1. The van der Waals surface area contributed by atoms with Gasteiger partial charge in [0.1, 0.15) is 11.3 Å². The van der Waals surface area contributed by atoms with Gasteiger partial charge in [0.15, 0.2) is 5.82 Å². The molecule has 1 spiro atoms. The van der Waals surface area contributed by atoms with Crippen molar-refractivity contribution in [3.63, 3.8) is 0 Å². The molecule has 0 atom stereocenters. The zero-order valence-electron chi connectivity index (χ0n) is 19.1. The SMILES string of the molecule is CN=CC(=CN)c1ccc(Nc2ncc3ccnc(N4CCC5(CCC5)C4)c3n2)c(OC)c1. The molecule has 3 N–H and O–H groups in total. The molecule has 1 aromatic carbocycles. The van der Waals surface area contributed by atoms with E-state index < -0.39 is 0 Å². The summed E-state index contributed by atoms with van der Waals surface area (Å²) in [7, 11) is 3.35. The van der Waals surface area contributed by atoms with Crippen molar-refractivity contribution in [1.82, 2.24) is 15.0 Å². The molecule has 1 saturated heterocycles. The molecular formula is C25H29N7O. The van der Waals surface area contributed by atoms with Crippen molar-refractivity contribution in [3.05, 3.63) is 48.4 Å². The fourth-order valence-corrected chi connectivity index (χ4v) is 4.88. The highest BCUT2D eigenvalue weighted by Gasteiger charge is 2.43. The molecule has 1 aliphatic heterocycles. The first-order chi connectivity index (χ1) is 16.1. The van der Waals surface area contributed by atoms with E-state index in [-0.39, 0.29) is 0 Å². The number of ether oxygens (including phenoxy) is 1. The Morgan fingerprint density at radius 3 is 2.82 bits per heavy atom. The molecule has 0 radical (unpaired) electrons. The number of nitrogens with two attached hydrogens (primary N) is 1. The van der Waals surface area contributed by atoms with Crippen LogP contribution in [0.3, 0.4) is 0 Å². The monoisotopic (exact) mass is 443 g/mol. The number of aromatic nitrogens is 3. The van der Waals surface area contributed by atoms with E-state index in [1.165, 1.54) is 31.9 Å². The van der Waals surface area contributed by atoms with E-state index in [1.54, 1.807) is 20.4 Å². The number of benzene rings is 1. The number of nitrogens with zero attached hydrogens (tertiary/aromatic N) is 5. The van der Waals surface area contributed by atoms with Gasteiger partial charge in [-0.15, -0.1) is 0 Å². The van der Waals surface area contributed by atoms with Gasteiger partial charge < -0.3 is 20.7 Å². The van der Waals surface area contributed by atoms with Crippen LogP contribution >= 0.6 is 0 Å². The summed E-state index contributed by atoms with van der Waals surface area (Å²) in [4.78, 5) is 20.5. The summed E-state index contributed by atoms with van der Waals surface area (Å²) >= 11 is 0. The van der Waals surface area contributed by atoms with Crippen LogP contribution in [0.4, 0.5) is 17.5 Å². The third kappa shape index (κ3) is 3.97. The van der Waals surface area contributed by atoms with Crippen molar-refractivity contribution in [2.24, 2.45) is 16.1 Å². The van der Waals surface area contributed by atoms with E-state index in [2.05, 4.69) is 20.2 Å². The Balaban J connectivity index is 1.45. The summed E-state index contributed by atoms with van der Waals surface area (Å²) in [5, 5.41) is 4.30. The summed E-state index contributed by atoms with van der Waals surface area (Å²) < 4.78 is 5.61. The lowest BCUT2D eigenvalue weighted by Gasteiger charge is -2.38. The van der Waals surface area contributed by atoms with Gasteiger partial charge in [0, 0.05) is 55.9 Å². The molecule has 3 aromatic rings. The molecule has 2 aliphatic rings. The lowest BCUT2D eigenvalue weighted by Crippen LogP contribution is -2.33. The van der Waals surface area contributed by atoms with Crippen molar-refractivity contribution in [3.8, 4) is 5.75 Å². The van der Waals surface area contributed by atoms with Gasteiger partial charge in [-0.2, -0.15) is 0 Å². The molecule has 0 bridgehead atoms. The minimum Gasteiger partial charge on any atom is -0.495 e. The Morgan fingerprint density at radius 1 is 1.24 bits per heavy atom. The number of fused-ring (bicyclic) bond motifs is 1. The summed E-state index contributed by atoms with van der Waals surface area (Å²) in [5.41, 5.74) is 9.61. The largest absolute Gasteiger partial charge is 0.495 e. The van der Waals surface area contributed by atoms with Gasteiger partial charge in [0.2, 0.25) is 5.95 Å². The quantitative estimate of drug-likeness (QED) is 0.552. The first kappa shape index (κ1) is 21.2. The Kier molecular flexibility index (Phi) is 5.58. The first-order valence-corrected chi connectivity index (χ1v) is 11.3. The Hall–Kier alpha value is -3.68. The molecule has 1 aliphatic carbocycles. The molecule has 5 rings (SSSR count). The number of anilines is 3. The normalized spacial score (nSPS) is 17.6. The van der Waals surface area contributed by atoms with Crippen molar-refractivity contribution < 1.29 is 4.74 Å². The van der Waals surface area contributed by atoms with Crippen LogP contribution < -0.4 is 20.7 Å². The fourth-order valence-electron chi connectivity index (χ4n) is 4.88. The van der Waals surface area contributed by atoms with E-state index in [0.29, 0.717) is 17.1 Å². The number of rotatable bonds is 6. The second kappa shape index (κ2) is 8.69. The number of hydrogen-bond donors (Lipinski definition) is 2. The van der Waals surface area contributed by atoms with Crippen molar-refractivity contribution >= 4 is 40.1 Å². The number of aliphatic imine (C=N–C) groups is 1. The molecule has 8 heteroatoms. The van der Waals surface area contributed by atoms with Crippen molar-refractivity contribution in [2.75, 3.05) is 37.5 Å². The first-order valence-electron chi connectivity index (χ1n) is 11.3. The topological polar surface area (TPSA) is 102 Å². The maximum atomic E-state index is 5.75. The minimum absolute atomic E-state index is 0.492. The van der Waals surface area contributed by atoms with Crippen LogP contribution in [0.5, 0.6) is 5.75 Å². The Bertz CT molecular complexity index is 1230. The van der Waals surface area contributed by atoms with Gasteiger partial charge in [-0.05, 0) is 48.4 Å². The fraction of sp³-hybridized carbons (Fsp3) is 0.360. The van der Waals surface area contributed by atoms with Gasteiger partial charge in [-0.25, -0.2) is 15.0 Å². The zero-order chi connectivity index (χ0) is 22.8. The molecule has 2 aromatic heterocycles. The van der Waals surface area contributed by atoms with Crippen LogP contribution in [0.1, 0.15) is 31.2 Å². The van der Waals surface area contributed by atoms with E-state index in [0.717, 1.165) is 46.6 Å². The second-order valence-corrected chi connectivity index (χ2v) is 8.84. The maximum Gasteiger partial charge on any atom is 0.227 e. The van der Waals surface area contributed by atoms with Gasteiger partial charge >= 0.3 is 0 Å². The van der Waals surface area contributed by atoms with Crippen LogP contribution in [-0.4, -0.2) is 48.4 Å². The molecule has 33 heavy (non-hydrogen) atoms. The molecular weight excluding hydrogens is 414 g/mol. The smallest absolute Gasteiger partial charge is 0.227 e. The van der Waals surface area contributed by atoms with E-state index in [1.807, 2.05) is 36.7 Å². The number of hydrogen-bond acceptors (Lipinski definition) is 8. The van der Waals surface area contributed by atoms with E-state index >= 15 is 0 Å². The van der Waals surface area contributed by atoms with Crippen LogP contribution in [0, 0.1) is 5.41 Å². The molecule has 170 valence electrons. The van der Waals surface area contributed by atoms with Gasteiger partial charge in [-0.3, -0.25) is 4.99 Å². The van der Waals surface area contributed by atoms with Crippen LogP contribution in [-0.2, 0) is 0 Å². The standard InChI is InChI=1S/C25H29N7O/c1-27-14-19(13-26)17-4-5-20(21(12-17)33-2)30-24-29-15-18-6-10-28-23(22(18)31-24)32-11-9-25(16-32)7-3-8-25/h4-6,10,12-15H,3,7-9,11,16,26H2,1-2H3,(H,29,30,31). The second-order valence-electron chi connectivity index (χ2n) is 8.84. The zero-order valence-corrected chi connectivity index (χ0v) is 19.1. The number of allylic oxidation sites excluding steroid dienone is 1. The summed E-state index contributed by atoms with van der Waals surface area (Å²) in [6.07, 6.45) is 12.2. The molecule has 0 unspecified atom stereocenters. The predicted molar refractivity (Wildman–Crippen MR) is 133 cm³/mol. The molecule has 2 fully saturated rings. The third-order valence-corrected chi connectivity index (χ3v) is 6.86. The maximum absolute atomic E-state index is 5.75. The molecule has 3 heterocycles. The van der Waals surface area contributed by atoms with E-state index in [9.17, 15) is 0 Å². The number of pyridine rings is 1. The highest BCUT2D eigenvalue weighted by molar-refractivity contribution is 6.09. The Labute approximate surface area is 193 Å². The van der Waals surface area contributed by atoms with Gasteiger partial charge in [-0.1, -0.05) is 12.5 Å². The van der Waals surface area contributed by atoms with Gasteiger partial charge in [0.05, 0.1) is 12.8 Å². The molecule has 8 nitrogen and oxygen atoms in total. The summed E-state index contributed by atoms with van der Waals surface area (Å²) in [6, 6.07) is 7.77. The molecule has 1 saturated carbocycles. The average molecular weight is 444 g/mol. The van der Waals surface area contributed by atoms with Gasteiger partial charge in [0.25, 0.3) is 0 Å². The summed E-state index contributed by atoms with van der Waals surface area (Å²) in [6.45, 7) is 2.10. The average Bonchev–Trinajstić information content (AvgIpc) is 3.29. The lowest BCUT2D eigenvalue weighted by atomic mass is 9.68. The highest BCUT2D eigenvalue weighted by atomic mass is 16.5. The lowest BCUT2D eigenvalue weighted by molar-refractivity contribution is 0.165. The third-order valence-electron chi connectivity index (χ3n) is 6.86. The molecule has 0 amide bonds. The Morgan fingerprint density at radius 2 is 2.12 bits per heavy atom. The van der Waals surface area contributed by atoms with Crippen LogP contribution in [0.15, 0.2) is 47.9 Å². The van der Waals surface area contributed by atoms with Crippen LogP contribution in [0.2, 0.25) is 0 Å².